The Balaban J connectivity index is 0.000000149. The van der Waals surface area contributed by atoms with Gasteiger partial charge in [-0.05, 0) is 59.8 Å². The number of hydrogen-bond acceptors (Lipinski definition) is 7. The molecule has 4 aromatic heterocycles. The molecule has 65 heavy (non-hydrogen) atoms. The Labute approximate surface area is 396 Å². The van der Waals surface area contributed by atoms with Gasteiger partial charge in [0.05, 0.1) is 25.5 Å². The van der Waals surface area contributed by atoms with Crippen molar-refractivity contribution in [2.24, 2.45) is 5.73 Å². The number of rotatable bonds is 5. The van der Waals surface area contributed by atoms with Crippen LogP contribution in [0.2, 0.25) is 48.4 Å². The number of nitrogens with two attached hydrogens (primary N) is 1. The number of hydrogen-bond donors (Lipinski definition) is 5. The van der Waals surface area contributed by atoms with Gasteiger partial charge in [0.2, 0.25) is 0 Å². The zero-order chi connectivity index (χ0) is 46.0. The molecule has 6 aromatic rings. The van der Waals surface area contributed by atoms with Crippen molar-refractivity contribution in [1.82, 2.24) is 25.3 Å². The SMILES string of the molecule is CC(C)(C)c1ccc(-c2nc3[nH]c(C(=O)NC4CC[Si]5(CCCCC5)CC4)cc3s2)cc1.CC(C)(C)c1ccc(-c2nc3[nH]c(C(=O)O)cc3s2)cc1.NC1CC[Si]2(CCCCC2)CC1. The maximum absolute atomic E-state index is 12.9. The first kappa shape index (κ1) is 47.6. The number of benzene rings is 2. The van der Waals surface area contributed by atoms with E-state index < -0.39 is 22.1 Å². The van der Waals surface area contributed by atoms with Gasteiger partial charge in [0.1, 0.15) is 32.7 Å². The number of H-pyrrole nitrogens is 2. The van der Waals surface area contributed by atoms with Crippen molar-refractivity contribution in [1.29, 1.82) is 0 Å². The fraction of sp³-hybridized carbons (Fsp3) is 0.538. The van der Waals surface area contributed by atoms with Crippen LogP contribution < -0.4 is 11.1 Å². The molecule has 13 heteroatoms. The van der Waals surface area contributed by atoms with Gasteiger partial charge < -0.3 is 26.1 Å². The van der Waals surface area contributed by atoms with Crippen molar-refractivity contribution < 1.29 is 14.7 Å². The molecule has 0 radical (unpaired) electrons. The molecule has 4 saturated heterocycles. The highest BCUT2D eigenvalue weighted by atomic mass is 32.1. The van der Waals surface area contributed by atoms with Crippen LogP contribution in [-0.4, -0.2) is 65.2 Å². The molecule has 4 fully saturated rings. The molecule has 0 saturated carbocycles. The summed E-state index contributed by atoms with van der Waals surface area (Å²) in [6.07, 6.45) is 14.0. The van der Waals surface area contributed by atoms with E-state index in [9.17, 15) is 9.59 Å². The molecule has 4 aliphatic rings. The first-order valence-corrected chi connectivity index (χ1v) is 31.8. The fourth-order valence-corrected chi connectivity index (χ4v) is 23.7. The number of carbonyl (C=O) groups excluding carboxylic acids is 1. The third-order valence-corrected chi connectivity index (χ3v) is 28.3. The van der Waals surface area contributed by atoms with Gasteiger partial charge in [0.25, 0.3) is 5.91 Å². The van der Waals surface area contributed by atoms with Crippen LogP contribution in [0.3, 0.4) is 0 Å². The lowest BCUT2D eigenvalue weighted by molar-refractivity contribution is 0.0691. The van der Waals surface area contributed by atoms with Crippen LogP contribution in [0.15, 0.2) is 60.7 Å². The number of aromatic carboxylic acids is 1. The van der Waals surface area contributed by atoms with E-state index in [0.29, 0.717) is 23.4 Å². The topological polar surface area (TPSA) is 150 Å². The lowest BCUT2D eigenvalue weighted by Gasteiger charge is -2.41. The summed E-state index contributed by atoms with van der Waals surface area (Å²) < 4.78 is 1.91. The van der Waals surface area contributed by atoms with Crippen molar-refractivity contribution in [3.63, 3.8) is 0 Å². The van der Waals surface area contributed by atoms with Gasteiger partial charge in [-0.2, -0.15) is 0 Å². The predicted molar refractivity (Wildman–Crippen MR) is 279 cm³/mol. The van der Waals surface area contributed by atoms with Gasteiger partial charge >= 0.3 is 5.97 Å². The Morgan fingerprint density at radius 2 is 1.02 bits per heavy atom. The zero-order valence-electron chi connectivity index (χ0n) is 39.7. The van der Waals surface area contributed by atoms with Crippen molar-refractivity contribution in [2.75, 3.05) is 0 Å². The van der Waals surface area contributed by atoms with Gasteiger partial charge in [-0.3, -0.25) is 4.79 Å². The molecule has 4 aliphatic heterocycles. The Morgan fingerprint density at radius 3 is 1.42 bits per heavy atom. The Kier molecular flexibility index (Phi) is 14.5. The van der Waals surface area contributed by atoms with Gasteiger partial charge in [-0.25, -0.2) is 14.8 Å². The van der Waals surface area contributed by atoms with E-state index in [2.05, 4.69) is 110 Å². The number of aromatic amines is 2. The van der Waals surface area contributed by atoms with E-state index in [-0.39, 0.29) is 22.4 Å². The quantitative estimate of drug-likeness (QED) is 0.109. The average molecular weight is 949 g/mol. The number of nitrogens with zero attached hydrogens (tertiary/aromatic N) is 2. The number of fused-ring (bicyclic) bond motifs is 2. The van der Waals surface area contributed by atoms with Crippen LogP contribution in [-0.2, 0) is 10.8 Å². The molecule has 6 N–H and O–H groups in total. The highest BCUT2D eigenvalue weighted by Crippen LogP contribution is 2.42. The van der Waals surface area contributed by atoms with Crippen molar-refractivity contribution in [2.45, 2.75) is 177 Å². The minimum Gasteiger partial charge on any atom is -0.477 e. The number of aromatic nitrogens is 4. The Hall–Kier alpha value is -3.89. The lowest BCUT2D eigenvalue weighted by atomic mass is 9.87. The number of carbonyl (C=O) groups is 2. The molecule has 0 atom stereocenters. The third kappa shape index (κ3) is 11.6. The summed E-state index contributed by atoms with van der Waals surface area (Å²) in [5.74, 6) is -0.936. The van der Waals surface area contributed by atoms with Gasteiger partial charge in [0, 0.05) is 23.2 Å². The first-order valence-electron chi connectivity index (χ1n) is 24.5. The molecular weight excluding hydrogens is 877 g/mol. The second-order valence-electron chi connectivity index (χ2n) is 22.0. The summed E-state index contributed by atoms with van der Waals surface area (Å²) >= 11 is 3.14. The standard InChI is InChI=1S/C26H35N3OSSi.C16H16N2O2S.C10H21NSi/c1-26(2,3)19-9-7-18(8-10-19)25-29-23-22(31-25)17-21(28-23)24(30)27-20-11-15-32(16-12-20)13-5-4-6-14-32;1-16(2,3)10-6-4-9(5-7-10)14-18-13-12(21-14)8-11(17-13)15(19)20;11-10-4-8-12(9-5-10)6-2-1-3-7-12/h7-10,17,20,28H,4-6,11-16H2,1-3H3,(H,27,30);4-8,17H,1-3H3,(H,19,20);10H,1-9,11H2. The summed E-state index contributed by atoms with van der Waals surface area (Å²) in [6, 6.07) is 33.8. The van der Waals surface area contributed by atoms with Crippen LogP contribution in [0.4, 0.5) is 0 Å². The summed E-state index contributed by atoms with van der Waals surface area (Å²) in [6.45, 7) is 13.2. The van der Waals surface area contributed by atoms with Gasteiger partial charge in [0.15, 0.2) is 0 Å². The summed E-state index contributed by atoms with van der Waals surface area (Å²) in [5, 5.41) is 14.1. The monoisotopic (exact) mass is 948 g/mol. The smallest absolute Gasteiger partial charge is 0.352 e. The second-order valence-corrected chi connectivity index (χ2v) is 34.1. The largest absolute Gasteiger partial charge is 0.477 e. The van der Waals surface area contributed by atoms with Crippen LogP contribution in [0.25, 0.3) is 41.8 Å². The molecule has 2 spiro atoms. The van der Waals surface area contributed by atoms with Crippen molar-refractivity contribution in [3.05, 3.63) is 83.2 Å². The molecule has 1 amide bonds. The van der Waals surface area contributed by atoms with E-state index in [4.69, 9.17) is 15.8 Å². The van der Waals surface area contributed by atoms with E-state index in [1.165, 1.54) is 98.0 Å². The number of carboxylic acids is 1. The van der Waals surface area contributed by atoms with E-state index in [0.717, 1.165) is 36.2 Å². The number of nitrogens with one attached hydrogen (secondary N) is 3. The second kappa shape index (κ2) is 19.8. The van der Waals surface area contributed by atoms with E-state index >= 15 is 0 Å². The van der Waals surface area contributed by atoms with Crippen molar-refractivity contribution >= 4 is 71.4 Å². The summed E-state index contributed by atoms with van der Waals surface area (Å²) in [7, 11) is -1.67. The van der Waals surface area contributed by atoms with Gasteiger partial charge in [-0.1, -0.05) is 177 Å². The fourth-order valence-electron chi connectivity index (χ4n) is 10.8. The molecular formula is C52H72N6O3S2Si2. The van der Waals surface area contributed by atoms with Crippen LogP contribution in [0.5, 0.6) is 0 Å². The lowest BCUT2D eigenvalue weighted by Crippen LogP contribution is -2.46. The number of thiazole rings is 2. The van der Waals surface area contributed by atoms with E-state index in [1.54, 1.807) is 54.4 Å². The van der Waals surface area contributed by atoms with E-state index in [1.807, 2.05) is 6.07 Å². The molecule has 2 aromatic carbocycles. The summed E-state index contributed by atoms with van der Waals surface area (Å²) in [5.41, 5.74) is 13.3. The molecule has 0 aliphatic carbocycles. The normalized spacial score (nSPS) is 20.0. The molecule has 348 valence electrons. The Morgan fingerprint density at radius 1 is 0.615 bits per heavy atom. The molecule has 10 rings (SSSR count). The Bertz CT molecular complexity index is 2470. The van der Waals surface area contributed by atoms with Crippen LogP contribution >= 0.6 is 22.7 Å². The minimum absolute atomic E-state index is 0.0255. The number of amides is 1. The van der Waals surface area contributed by atoms with Crippen molar-refractivity contribution in [3.8, 4) is 21.1 Å². The minimum atomic E-state index is -0.978. The summed E-state index contributed by atoms with van der Waals surface area (Å²) in [4.78, 5) is 39.1. The zero-order valence-corrected chi connectivity index (χ0v) is 43.3. The number of carboxylic acid groups (broad SMARTS) is 1. The maximum atomic E-state index is 12.9. The average Bonchev–Trinajstić information content (AvgIpc) is 4.08. The molecule has 0 unspecified atom stereocenters. The van der Waals surface area contributed by atoms with Crippen LogP contribution in [0.1, 0.15) is 138 Å². The van der Waals surface area contributed by atoms with Gasteiger partial charge in [-0.15, -0.1) is 22.7 Å². The molecule has 0 bridgehead atoms. The maximum Gasteiger partial charge on any atom is 0.352 e. The third-order valence-electron chi connectivity index (χ3n) is 15.1. The molecule has 8 heterocycles. The molecule has 9 nitrogen and oxygen atoms in total. The highest BCUT2D eigenvalue weighted by Gasteiger charge is 2.39. The first-order chi connectivity index (χ1) is 31.0. The predicted octanol–water partition coefficient (Wildman–Crippen LogP) is 14.1. The van der Waals surface area contributed by atoms with Crippen LogP contribution in [0, 0.1) is 0 Å². The highest BCUT2D eigenvalue weighted by molar-refractivity contribution is 7.22.